The molecule has 0 spiro atoms. The highest BCUT2D eigenvalue weighted by molar-refractivity contribution is 7.99. The zero-order valence-corrected chi connectivity index (χ0v) is 24.3. The Labute approximate surface area is 250 Å². The predicted molar refractivity (Wildman–Crippen MR) is 154 cm³/mol. The Morgan fingerprint density at radius 3 is 2.60 bits per heavy atom. The second-order valence-electron chi connectivity index (χ2n) is 11.7. The molecule has 2 unspecified atom stereocenters. The number of para-hydroxylation sites is 1. The maximum atomic E-state index is 13.1. The van der Waals surface area contributed by atoms with E-state index in [1.54, 1.807) is 36.0 Å². The van der Waals surface area contributed by atoms with Crippen molar-refractivity contribution in [3.8, 4) is 17.0 Å². The summed E-state index contributed by atoms with van der Waals surface area (Å²) in [6, 6.07) is 11.7. The lowest BCUT2D eigenvalue weighted by Gasteiger charge is -2.35. The number of ether oxygens (including phenoxy) is 2. The number of nitrogens with zero attached hydrogens (tertiary/aromatic N) is 2. The van der Waals surface area contributed by atoms with Gasteiger partial charge in [-0.1, -0.05) is 29.1 Å². The number of benzene rings is 2. The van der Waals surface area contributed by atoms with E-state index < -0.39 is 6.36 Å². The predicted octanol–water partition coefficient (Wildman–Crippen LogP) is 7.22. The Bertz CT molecular complexity index is 1640. The number of hydrogen-bond acceptors (Lipinski definition) is 8. The fourth-order valence-electron chi connectivity index (χ4n) is 6.74. The first-order valence-corrected chi connectivity index (χ1v) is 15.5. The summed E-state index contributed by atoms with van der Waals surface area (Å²) < 4.78 is 54.3. The summed E-state index contributed by atoms with van der Waals surface area (Å²) in [6.45, 7) is 0.471. The van der Waals surface area contributed by atoms with Crippen LogP contribution in [0.15, 0.2) is 52.1 Å². The van der Waals surface area contributed by atoms with Gasteiger partial charge in [-0.05, 0) is 80.7 Å². The lowest BCUT2D eigenvalue weighted by Crippen LogP contribution is -2.39. The average Bonchev–Trinajstić information content (AvgIpc) is 3.54. The van der Waals surface area contributed by atoms with Crippen LogP contribution in [-0.2, 0) is 11.3 Å². The minimum absolute atomic E-state index is 0.254. The highest BCUT2D eigenvalue weighted by atomic mass is 32.2. The van der Waals surface area contributed by atoms with Crippen LogP contribution in [0.5, 0.6) is 5.75 Å². The number of esters is 1. The third-order valence-electron chi connectivity index (χ3n) is 8.84. The molecule has 4 aromatic rings. The fourth-order valence-corrected chi connectivity index (χ4v) is 8.20. The van der Waals surface area contributed by atoms with E-state index >= 15 is 0 Å². The highest BCUT2D eigenvalue weighted by Gasteiger charge is 2.44. The van der Waals surface area contributed by atoms with E-state index in [0.29, 0.717) is 34.9 Å². The molecule has 0 radical (unpaired) electrons. The van der Waals surface area contributed by atoms with Gasteiger partial charge in [-0.2, -0.15) is 0 Å². The average molecular weight is 613 g/mol. The van der Waals surface area contributed by atoms with E-state index in [4.69, 9.17) is 14.2 Å². The molecular formula is C31H31F3N4O4S. The monoisotopic (exact) mass is 612 g/mol. The smallest absolute Gasteiger partial charge is 0.465 e. The van der Waals surface area contributed by atoms with Gasteiger partial charge >= 0.3 is 12.3 Å². The van der Waals surface area contributed by atoms with E-state index in [0.717, 1.165) is 66.0 Å². The summed E-state index contributed by atoms with van der Waals surface area (Å²) in [6.07, 6.45) is 1.49. The number of fused-ring (bicyclic) bond motifs is 3. The Morgan fingerprint density at radius 2 is 1.88 bits per heavy atom. The van der Waals surface area contributed by atoms with Gasteiger partial charge in [-0.25, -0.2) is 9.78 Å². The fraction of sp³-hybridized carbons (Fsp3) is 0.452. The van der Waals surface area contributed by atoms with Crippen LogP contribution in [0.1, 0.15) is 66.1 Å². The van der Waals surface area contributed by atoms with Crippen LogP contribution in [0.3, 0.4) is 0 Å². The zero-order chi connectivity index (χ0) is 29.7. The number of hydrogen-bond donors (Lipinski definition) is 2. The molecule has 0 aliphatic heterocycles. The van der Waals surface area contributed by atoms with Gasteiger partial charge in [0.15, 0.2) is 5.16 Å². The molecule has 2 bridgehead atoms. The number of H-pyrrole nitrogens is 1. The van der Waals surface area contributed by atoms with Crippen molar-refractivity contribution in [3.05, 3.63) is 59.4 Å². The molecule has 226 valence electrons. The Hall–Kier alpha value is -3.51. The number of thioether (sulfide) groups is 1. The minimum atomic E-state index is -4.80. The summed E-state index contributed by atoms with van der Waals surface area (Å²) in [7, 11) is 1.37. The molecule has 2 N–H and O–H groups in total. The number of alkyl halides is 3. The lowest BCUT2D eigenvalue weighted by molar-refractivity contribution is -0.274. The Morgan fingerprint density at radius 1 is 1.12 bits per heavy atom. The molecule has 3 aliphatic rings. The summed E-state index contributed by atoms with van der Waals surface area (Å²) >= 11 is 1.79. The maximum Gasteiger partial charge on any atom is 0.573 e. The molecule has 2 aromatic heterocycles. The van der Waals surface area contributed by atoms with Gasteiger partial charge in [0, 0.05) is 34.9 Å². The molecule has 2 aromatic carbocycles. The molecule has 12 heteroatoms. The first-order valence-electron chi connectivity index (χ1n) is 14.6. The summed E-state index contributed by atoms with van der Waals surface area (Å²) in [4.78, 5) is 20.1. The second-order valence-corrected chi connectivity index (χ2v) is 12.9. The number of methoxy groups -OCH3 is 1. The molecular weight excluding hydrogens is 581 g/mol. The van der Waals surface area contributed by atoms with Crippen molar-refractivity contribution >= 4 is 28.8 Å². The number of carbonyl (C=O) groups excluding carboxylic acids is 1. The third-order valence-corrected chi connectivity index (χ3v) is 10.3. The van der Waals surface area contributed by atoms with Crippen molar-refractivity contribution in [2.24, 2.45) is 11.8 Å². The first-order chi connectivity index (χ1) is 20.8. The molecule has 3 aliphatic carbocycles. The van der Waals surface area contributed by atoms with Gasteiger partial charge in [-0.3, -0.25) is 0 Å². The van der Waals surface area contributed by atoms with Gasteiger partial charge < -0.3 is 24.3 Å². The van der Waals surface area contributed by atoms with Crippen LogP contribution < -0.4 is 10.1 Å². The van der Waals surface area contributed by atoms with Crippen molar-refractivity contribution in [2.75, 3.05) is 7.11 Å². The van der Waals surface area contributed by atoms with Crippen molar-refractivity contribution in [1.82, 2.24) is 20.4 Å². The van der Waals surface area contributed by atoms with E-state index in [1.165, 1.54) is 19.2 Å². The summed E-state index contributed by atoms with van der Waals surface area (Å²) in [5.74, 6) is 1.39. The summed E-state index contributed by atoms with van der Waals surface area (Å²) in [5.41, 5.74) is 3.61. The van der Waals surface area contributed by atoms with Crippen LogP contribution >= 0.6 is 11.8 Å². The van der Waals surface area contributed by atoms with Gasteiger partial charge in [0.2, 0.25) is 0 Å². The molecule has 0 saturated heterocycles. The van der Waals surface area contributed by atoms with E-state index in [-0.39, 0.29) is 29.2 Å². The van der Waals surface area contributed by atoms with E-state index in [1.807, 2.05) is 6.07 Å². The second kappa shape index (κ2) is 11.2. The van der Waals surface area contributed by atoms with Crippen molar-refractivity contribution in [3.63, 3.8) is 0 Å². The van der Waals surface area contributed by atoms with Gasteiger partial charge in [-0.15, -0.1) is 13.2 Å². The molecule has 7 rings (SSSR count). The quantitative estimate of drug-likeness (QED) is 0.191. The topological polar surface area (TPSA) is 102 Å². The molecule has 3 saturated carbocycles. The molecule has 43 heavy (non-hydrogen) atoms. The van der Waals surface area contributed by atoms with Crippen molar-refractivity contribution < 1.29 is 32.0 Å². The van der Waals surface area contributed by atoms with E-state index in [2.05, 4.69) is 20.2 Å². The van der Waals surface area contributed by atoms with Gasteiger partial charge in [0.25, 0.3) is 0 Å². The van der Waals surface area contributed by atoms with Crippen LogP contribution in [0.25, 0.3) is 22.3 Å². The van der Waals surface area contributed by atoms with Gasteiger partial charge in [0.1, 0.15) is 17.2 Å². The number of imidazole rings is 1. The maximum absolute atomic E-state index is 13.1. The first kappa shape index (κ1) is 28.3. The highest BCUT2D eigenvalue weighted by Crippen LogP contribution is 2.50. The number of aromatic amines is 1. The largest absolute Gasteiger partial charge is 0.573 e. The SMILES string of the molecule is COC(=O)c1ccc2nc(SC3C4CCC3CC(NCc3c(-c5ccccc5OC(F)(F)F)noc3C3CC3)C4)[nH]c2c1. The van der Waals surface area contributed by atoms with Crippen LogP contribution in [-0.4, -0.2) is 45.9 Å². The number of aromatic nitrogens is 3. The zero-order valence-electron chi connectivity index (χ0n) is 23.4. The van der Waals surface area contributed by atoms with Crippen LogP contribution in [0.4, 0.5) is 13.2 Å². The molecule has 2 atom stereocenters. The van der Waals surface area contributed by atoms with Crippen LogP contribution in [0.2, 0.25) is 0 Å². The number of carbonyl (C=O) groups is 1. The molecule has 0 amide bonds. The Balaban J connectivity index is 1.05. The van der Waals surface area contributed by atoms with Crippen molar-refractivity contribution in [2.45, 2.75) is 73.8 Å². The van der Waals surface area contributed by atoms with Crippen molar-refractivity contribution in [1.29, 1.82) is 0 Å². The number of rotatable bonds is 9. The third kappa shape index (κ3) is 5.86. The van der Waals surface area contributed by atoms with E-state index in [9.17, 15) is 18.0 Å². The van der Waals surface area contributed by atoms with Crippen LogP contribution in [0, 0.1) is 11.8 Å². The molecule has 2 heterocycles. The summed E-state index contributed by atoms with van der Waals surface area (Å²) in [5, 5.41) is 9.25. The van der Waals surface area contributed by atoms with Gasteiger partial charge in [0.05, 0.1) is 23.7 Å². The number of nitrogens with one attached hydrogen (secondary N) is 2. The standard InChI is InChI=1S/C31H31F3N4O4S/c1-40-29(39)19-10-11-23-24(14-19)37-30(36-23)43-28-17-8-9-18(28)13-20(12-17)35-15-22-26(38-42-27(22)16-6-7-16)21-4-2-3-5-25(21)41-31(32,33)34/h2-5,10-11,14,16-18,20,28,35H,6-9,12-13,15H2,1H3,(H,36,37). The Kier molecular flexibility index (Phi) is 7.37. The molecule has 8 nitrogen and oxygen atoms in total. The molecule has 3 fully saturated rings. The lowest BCUT2D eigenvalue weighted by atomic mass is 9.84. The normalized spacial score (nSPS) is 23.5. The minimum Gasteiger partial charge on any atom is -0.465 e. The number of halogens is 3.